The van der Waals surface area contributed by atoms with Crippen molar-refractivity contribution in [1.82, 2.24) is 20.0 Å². The van der Waals surface area contributed by atoms with E-state index >= 15 is 0 Å². The number of nitrogens with zero attached hydrogens (tertiary/aromatic N) is 4. The third-order valence-corrected chi connectivity index (χ3v) is 6.38. The van der Waals surface area contributed by atoms with Crippen molar-refractivity contribution in [3.63, 3.8) is 0 Å². The van der Waals surface area contributed by atoms with E-state index < -0.39 is 4.92 Å². The van der Waals surface area contributed by atoms with Crippen LogP contribution in [0.5, 0.6) is 0 Å². The van der Waals surface area contributed by atoms with Crippen LogP contribution in [0.4, 0.5) is 5.69 Å². The Kier molecular flexibility index (Phi) is 5.12. The first-order valence-electron chi connectivity index (χ1n) is 10.1. The maximum absolute atomic E-state index is 12.9. The summed E-state index contributed by atoms with van der Waals surface area (Å²) in [5, 5.41) is 19.1. The number of nitrogens with one attached hydrogen (secondary N) is 1. The number of nitro groups is 1. The average Bonchev–Trinajstić information content (AvgIpc) is 3.18. The van der Waals surface area contributed by atoms with Crippen LogP contribution in [-0.2, 0) is 6.54 Å². The summed E-state index contributed by atoms with van der Waals surface area (Å²) in [6.07, 6.45) is 4.46. The molecule has 2 saturated heterocycles. The molecule has 0 spiro atoms. The van der Waals surface area contributed by atoms with Crippen molar-refractivity contribution >= 4 is 11.6 Å². The van der Waals surface area contributed by atoms with Gasteiger partial charge in [-0.3, -0.25) is 19.6 Å². The van der Waals surface area contributed by atoms with Crippen LogP contribution >= 0.6 is 0 Å². The van der Waals surface area contributed by atoms with Crippen LogP contribution in [0.1, 0.15) is 53.0 Å². The van der Waals surface area contributed by atoms with Crippen molar-refractivity contribution in [3.8, 4) is 0 Å². The molecule has 2 aromatic rings. The lowest BCUT2D eigenvalue weighted by Crippen LogP contribution is -2.48. The normalized spacial score (nSPS) is 23.2. The summed E-state index contributed by atoms with van der Waals surface area (Å²) < 4.78 is 1.64. The molecule has 2 aliphatic rings. The summed E-state index contributed by atoms with van der Waals surface area (Å²) in [5.74, 6) is 0.0459. The minimum atomic E-state index is -0.390. The van der Waals surface area contributed by atoms with Crippen LogP contribution in [0, 0.1) is 24.0 Å². The molecule has 3 heterocycles. The lowest BCUT2D eigenvalue weighted by molar-refractivity contribution is -0.386. The highest BCUT2D eigenvalue weighted by Crippen LogP contribution is 2.30. The molecule has 8 heteroatoms. The quantitative estimate of drug-likeness (QED) is 0.619. The van der Waals surface area contributed by atoms with Gasteiger partial charge in [0.2, 0.25) is 0 Å². The topological polar surface area (TPSA) is 93.3 Å². The van der Waals surface area contributed by atoms with E-state index in [2.05, 4.69) is 10.4 Å². The second kappa shape index (κ2) is 7.59. The van der Waals surface area contributed by atoms with E-state index in [0.29, 0.717) is 35.6 Å². The maximum atomic E-state index is 12.9. The average molecular weight is 397 g/mol. The van der Waals surface area contributed by atoms with Gasteiger partial charge in [-0.2, -0.15) is 5.10 Å². The fourth-order valence-corrected chi connectivity index (χ4v) is 4.74. The highest BCUT2D eigenvalue weighted by molar-refractivity contribution is 5.94. The van der Waals surface area contributed by atoms with Crippen molar-refractivity contribution in [2.75, 3.05) is 7.05 Å². The number of rotatable bonds is 5. The summed E-state index contributed by atoms with van der Waals surface area (Å²) >= 11 is 0. The molecule has 2 fully saturated rings. The molecular formula is C21H27N5O3. The number of amides is 1. The molecule has 0 radical (unpaired) electrons. The monoisotopic (exact) mass is 397 g/mol. The summed E-state index contributed by atoms with van der Waals surface area (Å²) in [4.78, 5) is 25.6. The number of hydrogen-bond donors (Lipinski definition) is 1. The van der Waals surface area contributed by atoms with E-state index in [1.165, 1.54) is 12.8 Å². The molecular weight excluding hydrogens is 370 g/mol. The number of hydrogen-bond acceptors (Lipinski definition) is 5. The Morgan fingerprint density at radius 2 is 1.86 bits per heavy atom. The third-order valence-electron chi connectivity index (χ3n) is 6.38. The largest absolute Gasteiger partial charge is 0.339 e. The molecule has 1 amide bonds. The van der Waals surface area contributed by atoms with Gasteiger partial charge in [0.25, 0.3) is 5.91 Å². The molecule has 2 unspecified atom stereocenters. The Hall–Kier alpha value is -2.74. The third kappa shape index (κ3) is 3.76. The van der Waals surface area contributed by atoms with Crippen LogP contribution in [0.25, 0.3) is 0 Å². The van der Waals surface area contributed by atoms with Crippen molar-refractivity contribution in [2.24, 2.45) is 0 Å². The van der Waals surface area contributed by atoms with Gasteiger partial charge in [0, 0.05) is 30.7 Å². The summed E-state index contributed by atoms with van der Waals surface area (Å²) in [7, 11) is 1.90. The van der Waals surface area contributed by atoms with Crippen molar-refractivity contribution in [3.05, 3.63) is 56.9 Å². The van der Waals surface area contributed by atoms with E-state index in [4.69, 9.17) is 0 Å². The molecule has 1 N–H and O–H groups in total. The molecule has 29 heavy (non-hydrogen) atoms. The molecule has 1 aromatic carbocycles. The highest BCUT2D eigenvalue weighted by atomic mass is 16.6. The molecule has 0 aliphatic carbocycles. The number of piperidine rings is 1. The fraction of sp³-hybridized carbons (Fsp3) is 0.524. The molecule has 8 nitrogen and oxygen atoms in total. The highest BCUT2D eigenvalue weighted by Gasteiger charge is 2.36. The molecule has 2 atom stereocenters. The number of benzene rings is 1. The van der Waals surface area contributed by atoms with Gasteiger partial charge in [-0.1, -0.05) is 12.1 Å². The van der Waals surface area contributed by atoms with E-state index in [-0.39, 0.29) is 17.6 Å². The summed E-state index contributed by atoms with van der Waals surface area (Å²) in [6, 6.07) is 8.84. The van der Waals surface area contributed by atoms with Gasteiger partial charge in [-0.15, -0.1) is 0 Å². The number of aromatic nitrogens is 2. The molecule has 154 valence electrons. The predicted molar refractivity (Wildman–Crippen MR) is 109 cm³/mol. The van der Waals surface area contributed by atoms with E-state index in [0.717, 1.165) is 18.4 Å². The standard InChI is InChI=1S/C21H27N5O3/c1-13-20(26(28)29)14(2)25(23-13)12-15-4-6-16(7-5-15)21(27)24(3)19-10-17-8-9-18(11-19)22-17/h4-7,17-19,22H,8-12H2,1-3H3. The lowest BCUT2D eigenvalue weighted by Gasteiger charge is -2.35. The van der Waals surface area contributed by atoms with Gasteiger partial charge >= 0.3 is 5.69 Å². The SMILES string of the molecule is Cc1nn(Cc2ccc(C(=O)N(C)C3CC4CCC(C3)N4)cc2)c(C)c1[N+](=O)[O-]. The number of aryl methyl sites for hydroxylation is 1. The van der Waals surface area contributed by atoms with E-state index in [1.54, 1.807) is 18.5 Å². The first-order valence-corrected chi connectivity index (χ1v) is 10.1. The Morgan fingerprint density at radius 3 is 2.41 bits per heavy atom. The van der Waals surface area contributed by atoms with Gasteiger partial charge in [-0.05, 0) is 57.2 Å². The zero-order valence-electron chi connectivity index (χ0n) is 17.1. The minimum Gasteiger partial charge on any atom is -0.339 e. The first-order chi connectivity index (χ1) is 13.8. The van der Waals surface area contributed by atoms with Crippen LogP contribution < -0.4 is 5.32 Å². The minimum absolute atomic E-state index is 0.0459. The van der Waals surface area contributed by atoms with E-state index in [1.807, 2.05) is 36.2 Å². The smallest absolute Gasteiger partial charge is 0.312 e. The van der Waals surface area contributed by atoms with Gasteiger partial charge in [0.15, 0.2) is 0 Å². The zero-order chi connectivity index (χ0) is 20.7. The van der Waals surface area contributed by atoms with Gasteiger partial charge in [0.1, 0.15) is 11.4 Å². The van der Waals surface area contributed by atoms with Crippen LogP contribution in [0.15, 0.2) is 24.3 Å². The Morgan fingerprint density at radius 1 is 1.24 bits per heavy atom. The van der Waals surface area contributed by atoms with Crippen LogP contribution in [-0.4, -0.2) is 50.7 Å². The second-order valence-corrected chi connectivity index (χ2v) is 8.31. The van der Waals surface area contributed by atoms with Gasteiger partial charge < -0.3 is 10.2 Å². The van der Waals surface area contributed by atoms with Crippen molar-refractivity contribution in [1.29, 1.82) is 0 Å². The molecule has 4 rings (SSSR count). The van der Waals surface area contributed by atoms with Crippen LogP contribution in [0.2, 0.25) is 0 Å². The Bertz CT molecular complexity index is 925. The van der Waals surface area contributed by atoms with Crippen LogP contribution in [0.3, 0.4) is 0 Å². The number of carbonyl (C=O) groups is 1. The Labute approximate surface area is 170 Å². The molecule has 0 saturated carbocycles. The molecule has 1 aromatic heterocycles. The summed E-state index contributed by atoms with van der Waals surface area (Å²) in [5.41, 5.74) is 2.63. The predicted octanol–water partition coefficient (Wildman–Crippen LogP) is 2.81. The Balaban J connectivity index is 1.44. The van der Waals surface area contributed by atoms with E-state index in [9.17, 15) is 14.9 Å². The number of fused-ring (bicyclic) bond motifs is 2. The van der Waals surface area contributed by atoms with Crippen molar-refractivity contribution in [2.45, 2.75) is 64.2 Å². The zero-order valence-corrected chi connectivity index (χ0v) is 17.1. The molecule has 2 bridgehead atoms. The van der Waals surface area contributed by atoms with Gasteiger partial charge in [-0.25, -0.2) is 0 Å². The first kappa shape index (κ1) is 19.6. The van der Waals surface area contributed by atoms with Crippen molar-refractivity contribution < 1.29 is 9.72 Å². The molecule has 2 aliphatic heterocycles. The summed E-state index contributed by atoms with van der Waals surface area (Å²) in [6.45, 7) is 3.78. The maximum Gasteiger partial charge on any atom is 0.312 e. The fourth-order valence-electron chi connectivity index (χ4n) is 4.74. The second-order valence-electron chi connectivity index (χ2n) is 8.31. The van der Waals surface area contributed by atoms with Gasteiger partial charge in [0.05, 0.1) is 11.5 Å². The number of carbonyl (C=O) groups excluding carboxylic acids is 1. The lowest BCUT2D eigenvalue weighted by atomic mass is 9.98.